The molecule has 8 heteroatoms. The molecule has 0 saturated carbocycles. The number of aromatic nitrogens is 1. The Morgan fingerprint density at radius 3 is 2.32 bits per heavy atom. The van der Waals surface area contributed by atoms with Crippen LogP contribution in [0.2, 0.25) is 0 Å². The minimum atomic E-state index is -3.67. The second-order valence-electron chi connectivity index (χ2n) is 8.49. The number of oxazole rings is 1. The number of allylic oxidation sites excluding steroid dienone is 3. The van der Waals surface area contributed by atoms with Gasteiger partial charge in [-0.25, -0.2) is 0 Å². The molecule has 0 atom stereocenters. The molecule has 4 aromatic rings. The van der Waals surface area contributed by atoms with Gasteiger partial charge in [-0.1, -0.05) is 62.4 Å². The largest absolute Gasteiger partial charge is 1.00 e. The van der Waals surface area contributed by atoms with Crippen molar-refractivity contribution in [3.8, 4) is 0 Å². The van der Waals surface area contributed by atoms with E-state index in [0.717, 1.165) is 17.0 Å². The Balaban J connectivity index is 0.000000603. The van der Waals surface area contributed by atoms with Crippen molar-refractivity contribution in [2.75, 3.05) is 11.9 Å². The van der Waals surface area contributed by atoms with Crippen molar-refractivity contribution in [3.05, 3.63) is 90.0 Å². The molecule has 0 fully saturated rings. The topological polar surface area (TPSA) is 20.3 Å². The SMILES string of the molecule is CN1C(=CC=Cc2oc3ccc4ccccc4c3[n+]2C)C(C)(C)c2ccccc21.FB(F)F.[F-]. The monoisotopic (exact) mass is 468 g/mol. The summed E-state index contributed by atoms with van der Waals surface area (Å²) in [5.74, 6) is 0.837. The first kappa shape index (κ1) is 25.1. The molecule has 176 valence electrons. The molecule has 0 aliphatic carbocycles. The van der Waals surface area contributed by atoms with E-state index in [-0.39, 0.29) is 10.1 Å². The Morgan fingerprint density at radius 2 is 1.62 bits per heavy atom. The number of halogens is 4. The van der Waals surface area contributed by atoms with Crippen LogP contribution in [0.3, 0.4) is 0 Å². The normalized spacial score (nSPS) is 15.4. The number of rotatable bonds is 2. The maximum Gasteiger partial charge on any atom is 0.762 e. The van der Waals surface area contributed by atoms with Gasteiger partial charge in [0.25, 0.3) is 5.52 Å². The van der Waals surface area contributed by atoms with Gasteiger partial charge in [0.2, 0.25) is 5.58 Å². The average molecular weight is 468 g/mol. The van der Waals surface area contributed by atoms with Crippen LogP contribution in [0.25, 0.3) is 27.9 Å². The van der Waals surface area contributed by atoms with Crippen LogP contribution in [-0.2, 0) is 12.5 Å². The van der Waals surface area contributed by atoms with E-state index >= 15 is 0 Å². The zero-order chi connectivity index (χ0) is 23.8. The summed E-state index contributed by atoms with van der Waals surface area (Å²) in [4.78, 5) is 2.28. The van der Waals surface area contributed by atoms with E-state index < -0.39 is 7.54 Å². The number of para-hydroxylation sites is 1. The molecule has 1 aliphatic rings. The lowest BCUT2D eigenvalue weighted by Gasteiger charge is -2.23. The van der Waals surface area contributed by atoms with Gasteiger partial charge in [0, 0.05) is 23.8 Å². The first-order valence-corrected chi connectivity index (χ1v) is 10.7. The molecular weight excluding hydrogens is 443 g/mol. The minimum absolute atomic E-state index is 0. The molecule has 0 spiro atoms. The number of nitrogens with zero attached hydrogens (tertiary/aromatic N) is 2. The highest BCUT2D eigenvalue weighted by Crippen LogP contribution is 2.46. The first-order chi connectivity index (χ1) is 15.7. The van der Waals surface area contributed by atoms with Crippen LogP contribution < -0.4 is 14.2 Å². The van der Waals surface area contributed by atoms with Gasteiger partial charge in [0.15, 0.2) is 0 Å². The summed E-state index contributed by atoms with van der Waals surface area (Å²) in [5.41, 5.74) is 5.92. The van der Waals surface area contributed by atoms with Gasteiger partial charge in [-0.15, -0.1) is 0 Å². The number of hydrogen-bond donors (Lipinski definition) is 0. The van der Waals surface area contributed by atoms with Gasteiger partial charge in [-0.3, -0.25) is 12.9 Å². The lowest BCUT2D eigenvalue weighted by atomic mass is 9.84. The van der Waals surface area contributed by atoms with Crippen molar-refractivity contribution >= 4 is 41.2 Å². The summed E-state index contributed by atoms with van der Waals surface area (Å²) in [7, 11) is 0.535. The molecule has 1 aromatic heterocycles. The van der Waals surface area contributed by atoms with Crippen molar-refractivity contribution in [1.82, 2.24) is 0 Å². The molecule has 0 amide bonds. The van der Waals surface area contributed by atoms with E-state index in [1.165, 1.54) is 27.7 Å². The third-order valence-corrected chi connectivity index (χ3v) is 6.18. The van der Waals surface area contributed by atoms with Crippen molar-refractivity contribution in [2.45, 2.75) is 19.3 Å². The molecule has 5 rings (SSSR count). The fourth-order valence-electron chi connectivity index (χ4n) is 4.62. The fraction of sp³-hybridized carbons (Fsp3) is 0.192. The molecule has 0 unspecified atom stereocenters. The van der Waals surface area contributed by atoms with Gasteiger partial charge in [0.1, 0.15) is 7.05 Å². The molecule has 0 radical (unpaired) electrons. The molecule has 3 nitrogen and oxygen atoms in total. The van der Waals surface area contributed by atoms with Crippen LogP contribution >= 0.6 is 0 Å². The predicted octanol–water partition coefficient (Wildman–Crippen LogP) is 3.62. The van der Waals surface area contributed by atoms with Crippen molar-refractivity contribution in [2.24, 2.45) is 7.05 Å². The smallest absolute Gasteiger partial charge is 0.762 e. The minimum Gasteiger partial charge on any atom is -1.00 e. The van der Waals surface area contributed by atoms with Crippen LogP contribution in [0.4, 0.5) is 18.6 Å². The number of likely N-dealkylation sites (N-methyl/N-ethyl adjacent to an activating group) is 1. The van der Waals surface area contributed by atoms with E-state index in [2.05, 4.69) is 116 Å². The van der Waals surface area contributed by atoms with Gasteiger partial charge in [-0.05, 0) is 35.2 Å². The van der Waals surface area contributed by atoms with Crippen molar-refractivity contribution < 1.29 is 26.6 Å². The number of aryl methyl sites for hydroxylation is 1. The molecule has 1 aliphatic heterocycles. The zero-order valence-electron chi connectivity index (χ0n) is 19.4. The summed E-state index contributed by atoms with van der Waals surface area (Å²) >= 11 is 0. The van der Waals surface area contributed by atoms with E-state index in [1.807, 2.05) is 0 Å². The highest BCUT2D eigenvalue weighted by Gasteiger charge is 2.37. The van der Waals surface area contributed by atoms with E-state index in [4.69, 9.17) is 4.42 Å². The summed E-state index contributed by atoms with van der Waals surface area (Å²) in [5, 5.41) is 2.43. The standard InChI is InChI=1S/C26H25N2O.BF3.FH/c1-26(2)20-12-7-8-13-21(20)27(3)23(26)14-9-15-24-28(4)25-19-11-6-5-10-18(19)16-17-22(25)29-24;2-1(3)4;/h5-17H,1-4H3;;1H/q+1;;/p-1. The molecule has 0 bridgehead atoms. The van der Waals surface area contributed by atoms with Gasteiger partial charge in [0.05, 0.1) is 11.5 Å². The maximum absolute atomic E-state index is 9.67. The summed E-state index contributed by atoms with van der Waals surface area (Å²) in [6.45, 7) is 4.56. The second-order valence-corrected chi connectivity index (χ2v) is 8.49. The Kier molecular flexibility index (Phi) is 7.19. The maximum atomic E-state index is 9.67. The Morgan fingerprint density at radius 1 is 0.971 bits per heavy atom. The van der Waals surface area contributed by atoms with Gasteiger partial charge < -0.3 is 14.0 Å². The van der Waals surface area contributed by atoms with Crippen LogP contribution in [0.5, 0.6) is 0 Å². The summed E-state index contributed by atoms with van der Waals surface area (Å²) in [6.07, 6.45) is 6.35. The summed E-state index contributed by atoms with van der Waals surface area (Å²) in [6, 6.07) is 21.2. The third kappa shape index (κ3) is 4.45. The van der Waals surface area contributed by atoms with Gasteiger partial charge in [-0.2, -0.15) is 4.57 Å². The lowest BCUT2D eigenvalue weighted by Crippen LogP contribution is -3.00. The first-order valence-electron chi connectivity index (χ1n) is 10.7. The Labute approximate surface area is 196 Å². The van der Waals surface area contributed by atoms with Crippen LogP contribution in [0.15, 0.2) is 82.9 Å². The Hall–Kier alpha value is -3.55. The predicted molar refractivity (Wildman–Crippen MR) is 129 cm³/mol. The van der Waals surface area contributed by atoms with Crippen LogP contribution in [-0.4, -0.2) is 14.6 Å². The second kappa shape index (κ2) is 9.75. The molecule has 2 heterocycles. The van der Waals surface area contributed by atoms with Crippen LogP contribution in [0, 0.1) is 0 Å². The molecule has 0 saturated heterocycles. The molecular formula is C26H25BF4N2O. The molecule has 0 N–H and O–H groups in total. The van der Waals surface area contributed by atoms with E-state index in [1.54, 1.807) is 0 Å². The highest BCUT2D eigenvalue weighted by atomic mass is 19.4. The highest BCUT2D eigenvalue weighted by molar-refractivity contribution is 6.33. The number of hydrogen-bond acceptors (Lipinski definition) is 2. The number of fused-ring (bicyclic) bond motifs is 4. The third-order valence-electron chi connectivity index (χ3n) is 6.18. The van der Waals surface area contributed by atoms with E-state index in [0.29, 0.717) is 0 Å². The zero-order valence-corrected chi connectivity index (χ0v) is 19.4. The average Bonchev–Trinajstić information content (AvgIpc) is 3.20. The van der Waals surface area contributed by atoms with Crippen LogP contribution in [0.1, 0.15) is 25.3 Å². The fourth-order valence-corrected chi connectivity index (χ4v) is 4.62. The number of anilines is 1. The lowest BCUT2D eigenvalue weighted by molar-refractivity contribution is -0.651. The van der Waals surface area contributed by atoms with Gasteiger partial charge >= 0.3 is 13.4 Å². The number of benzene rings is 3. The Bertz CT molecular complexity index is 1380. The van der Waals surface area contributed by atoms with Crippen molar-refractivity contribution in [1.29, 1.82) is 0 Å². The van der Waals surface area contributed by atoms with Crippen molar-refractivity contribution in [3.63, 3.8) is 0 Å². The van der Waals surface area contributed by atoms with E-state index in [9.17, 15) is 12.9 Å². The quantitative estimate of drug-likeness (QED) is 0.255. The summed E-state index contributed by atoms with van der Waals surface area (Å²) < 4.78 is 37.3. The molecule has 3 aromatic carbocycles. The molecule has 34 heavy (non-hydrogen) atoms.